The second kappa shape index (κ2) is 3.30. The molecule has 0 fully saturated rings. The number of para-hydroxylation sites is 1. The minimum Gasteiger partial charge on any atom is -0.508 e. The van der Waals surface area contributed by atoms with Gasteiger partial charge in [0.05, 0.1) is 0 Å². The number of hydrogen-bond donors (Lipinski definition) is 2. The first kappa shape index (κ1) is 9.92. The Morgan fingerprint density at radius 3 is 2.38 bits per heavy atom. The number of aromatic hydroxyl groups is 1. The van der Waals surface area contributed by atoms with E-state index in [9.17, 15) is 13.9 Å². The first-order valence-corrected chi connectivity index (χ1v) is 3.81. The fourth-order valence-electron chi connectivity index (χ4n) is 1.05. The number of rotatable bonds is 2. The van der Waals surface area contributed by atoms with E-state index in [0.717, 1.165) is 0 Å². The van der Waals surface area contributed by atoms with Crippen molar-refractivity contribution in [2.24, 2.45) is 5.73 Å². The maximum absolute atomic E-state index is 12.4. The van der Waals surface area contributed by atoms with E-state index >= 15 is 0 Å². The van der Waals surface area contributed by atoms with Gasteiger partial charge in [-0.25, -0.2) is 8.78 Å². The van der Waals surface area contributed by atoms with Crippen LogP contribution in [0, 0.1) is 0 Å². The van der Waals surface area contributed by atoms with Crippen molar-refractivity contribution in [3.8, 4) is 5.75 Å². The Hall–Kier alpha value is -1.16. The number of alkyl halides is 2. The van der Waals surface area contributed by atoms with E-state index in [1.807, 2.05) is 0 Å². The Kier molecular flexibility index (Phi) is 2.52. The third-order valence-corrected chi connectivity index (χ3v) is 1.94. The molecule has 0 aliphatic heterocycles. The summed E-state index contributed by atoms with van der Waals surface area (Å²) >= 11 is 0. The Labute approximate surface area is 75.0 Å². The van der Waals surface area contributed by atoms with Gasteiger partial charge in [-0.05, 0) is 13.0 Å². The van der Waals surface area contributed by atoms with Crippen LogP contribution in [0.15, 0.2) is 24.3 Å². The van der Waals surface area contributed by atoms with Gasteiger partial charge in [0.1, 0.15) is 11.3 Å². The van der Waals surface area contributed by atoms with Gasteiger partial charge < -0.3 is 10.8 Å². The SMILES string of the molecule is CC(N)(c1ccccc1O)C(F)F. The fourth-order valence-corrected chi connectivity index (χ4v) is 1.05. The molecule has 1 rings (SSSR count). The Bertz CT molecular complexity index is 299. The average Bonchev–Trinajstić information content (AvgIpc) is 2.04. The number of benzene rings is 1. The number of phenols is 1. The number of phenolic OH excluding ortho intramolecular Hbond substituents is 1. The minimum absolute atomic E-state index is 0.0602. The molecule has 0 spiro atoms. The van der Waals surface area contributed by atoms with Crippen molar-refractivity contribution in [2.45, 2.75) is 18.9 Å². The van der Waals surface area contributed by atoms with E-state index in [4.69, 9.17) is 5.73 Å². The smallest absolute Gasteiger partial charge is 0.260 e. The van der Waals surface area contributed by atoms with Crippen LogP contribution < -0.4 is 5.73 Å². The highest BCUT2D eigenvalue weighted by molar-refractivity contribution is 5.37. The number of halogens is 2. The molecule has 1 aromatic carbocycles. The second-order valence-electron chi connectivity index (χ2n) is 3.10. The zero-order chi connectivity index (χ0) is 10.1. The van der Waals surface area contributed by atoms with E-state index in [-0.39, 0.29) is 11.3 Å². The zero-order valence-electron chi connectivity index (χ0n) is 7.17. The second-order valence-corrected chi connectivity index (χ2v) is 3.10. The van der Waals surface area contributed by atoms with Crippen molar-refractivity contribution < 1.29 is 13.9 Å². The van der Waals surface area contributed by atoms with Gasteiger partial charge in [-0.1, -0.05) is 18.2 Å². The van der Waals surface area contributed by atoms with Crippen molar-refractivity contribution in [3.05, 3.63) is 29.8 Å². The van der Waals surface area contributed by atoms with E-state index in [1.165, 1.54) is 19.1 Å². The molecule has 0 aliphatic rings. The number of hydrogen-bond acceptors (Lipinski definition) is 2. The monoisotopic (exact) mass is 187 g/mol. The topological polar surface area (TPSA) is 46.2 Å². The molecule has 0 aromatic heterocycles. The van der Waals surface area contributed by atoms with Crippen LogP contribution in [-0.4, -0.2) is 11.5 Å². The lowest BCUT2D eigenvalue weighted by molar-refractivity contribution is 0.0611. The molecule has 4 heteroatoms. The van der Waals surface area contributed by atoms with Gasteiger partial charge in [-0.2, -0.15) is 0 Å². The summed E-state index contributed by atoms with van der Waals surface area (Å²) in [5, 5.41) is 9.28. The summed E-state index contributed by atoms with van der Waals surface area (Å²) in [6.45, 7) is 1.19. The third-order valence-electron chi connectivity index (χ3n) is 1.94. The van der Waals surface area contributed by atoms with Crippen LogP contribution in [0.5, 0.6) is 5.75 Å². The van der Waals surface area contributed by atoms with Crippen molar-refractivity contribution in [2.75, 3.05) is 0 Å². The predicted molar refractivity (Wildman–Crippen MR) is 45.7 cm³/mol. The van der Waals surface area contributed by atoms with Crippen LogP contribution in [0.3, 0.4) is 0 Å². The van der Waals surface area contributed by atoms with Gasteiger partial charge in [0.2, 0.25) is 0 Å². The van der Waals surface area contributed by atoms with Crippen LogP contribution in [0.2, 0.25) is 0 Å². The highest BCUT2D eigenvalue weighted by Gasteiger charge is 2.34. The van der Waals surface area contributed by atoms with Gasteiger partial charge >= 0.3 is 0 Å². The van der Waals surface area contributed by atoms with E-state index in [2.05, 4.69) is 0 Å². The zero-order valence-corrected chi connectivity index (χ0v) is 7.17. The van der Waals surface area contributed by atoms with Gasteiger partial charge in [0, 0.05) is 5.56 Å². The fraction of sp³-hybridized carbons (Fsp3) is 0.333. The molecule has 3 N–H and O–H groups in total. The average molecular weight is 187 g/mol. The number of nitrogens with two attached hydrogens (primary N) is 1. The summed E-state index contributed by atoms with van der Waals surface area (Å²) in [6.07, 6.45) is -2.71. The summed E-state index contributed by atoms with van der Waals surface area (Å²) < 4.78 is 24.9. The predicted octanol–water partition coefficient (Wildman–Crippen LogP) is 1.83. The summed E-state index contributed by atoms with van der Waals surface area (Å²) in [7, 11) is 0. The summed E-state index contributed by atoms with van der Waals surface area (Å²) in [5.41, 5.74) is 3.63. The molecule has 1 unspecified atom stereocenters. The van der Waals surface area contributed by atoms with Crippen LogP contribution in [0.1, 0.15) is 12.5 Å². The lowest BCUT2D eigenvalue weighted by atomic mass is 9.93. The quantitative estimate of drug-likeness (QED) is 0.742. The minimum atomic E-state index is -2.71. The van der Waals surface area contributed by atoms with Crippen LogP contribution in [0.4, 0.5) is 8.78 Å². The van der Waals surface area contributed by atoms with Crippen LogP contribution >= 0.6 is 0 Å². The summed E-state index contributed by atoms with van der Waals surface area (Å²) in [5.74, 6) is -0.201. The molecule has 13 heavy (non-hydrogen) atoms. The first-order chi connectivity index (χ1) is 5.96. The molecule has 0 radical (unpaired) electrons. The lowest BCUT2D eigenvalue weighted by Gasteiger charge is -2.24. The van der Waals surface area contributed by atoms with Crippen LogP contribution in [0.25, 0.3) is 0 Å². The lowest BCUT2D eigenvalue weighted by Crippen LogP contribution is -2.40. The van der Waals surface area contributed by atoms with Gasteiger partial charge in [0.25, 0.3) is 6.43 Å². The van der Waals surface area contributed by atoms with Crippen molar-refractivity contribution in [1.29, 1.82) is 0 Å². The molecule has 0 amide bonds. The summed E-state index contributed by atoms with van der Waals surface area (Å²) in [4.78, 5) is 0. The largest absolute Gasteiger partial charge is 0.508 e. The van der Waals surface area contributed by atoms with Crippen LogP contribution in [-0.2, 0) is 5.54 Å². The third kappa shape index (κ3) is 1.78. The molecule has 72 valence electrons. The maximum atomic E-state index is 12.4. The van der Waals surface area contributed by atoms with Gasteiger partial charge in [-0.15, -0.1) is 0 Å². The van der Waals surface area contributed by atoms with Crippen molar-refractivity contribution >= 4 is 0 Å². The molecular formula is C9H11F2NO. The molecule has 0 aliphatic carbocycles. The normalized spacial score (nSPS) is 15.8. The Morgan fingerprint density at radius 2 is 1.92 bits per heavy atom. The van der Waals surface area contributed by atoms with E-state index < -0.39 is 12.0 Å². The Morgan fingerprint density at radius 1 is 1.38 bits per heavy atom. The van der Waals surface area contributed by atoms with Crippen molar-refractivity contribution in [1.82, 2.24) is 0 Å². The van der Waals surface area contributed by atoms with Gasteiger partial charge in [-0.3, -0.25) is 0 Å². The molecule has 0 heterocycles. The summed E-state index contributed by atoms with van der Waals surface area (Å²) in [6, 6.07) is 5.84. The first-order valence-electron chi connectivity index (χ1n) is 3.81. The molecule has 1 aromatic rings. The van der Waals surface area contributed by atoms with Gasteiger partial charge in [0.15, 0.2) is 0 Å². The van der Waals surface area contributed by atoms with Crippen molar-refractivity contribution in [3.63, 3.8) is 0 Å². The Balaban J connectivity index is 3.14. The highest BCUT2D eigenvalue weighted by Crippen LogP contribution is 2.31. The standard InChI is InChI=1S/C9H11F2NO/c1-9(12,8(10)11)6-4-2-3-5-7(6)13/h2-5,8,13H,12H2,1H3. The molecule has 2 nitrogen and oxygen atoms in total. The molecule has 0 saturated carbocycles. The maximum Gasteiger partial charge on any atom is 0.260 e. The molecular weight excluding hydrogens is 176 g/mol. The molecule has 0 saturated heterocycles. The molecule has 0 bridgehead atoms. The highest BCUT2D eigenvalue weighted by atomic mass is 19.3. The molecule has 1 atom stereocenters. The van der Waals surface area contributed by atoms with E-state index in [0.29, 0.717) is 0 Å². The van der Waals surface area contributed by atoms with E-state index in [1.54, 1.807) is 12.1 Å².